The summed E-state index contributed by atoms with van der Waals surface area (Å²) < 4.78 is 22.3. The number of nitrogens with zero attached hydrogens (tertiary/aromatic N) is 1. The Morgan fingerprint density at radius 3 is 2.69 bits per heavy atom. The highest BCUT2D eigenvalue weighted by Crippen LogP contribution is 2.34. The number of amides is 2. The molecule has 1 fully saturated rings. The molecule has 0 saturated carbocycles. The van der Waals surface area contributed by atoms with Crippen LogP contribution in [0.4, 0.5) is 10.5 Å². The second-order valence-electron chi connectivity index (χ2n) is 8.40. The van der Waals surface area contributed by atoms with Crippen molar-refractivity contribution in [3.63, 3.8) is 0 Å². The zero-order chi connectivity index (χ0) is 21.0. The standard InChI is InChI=1S/C21H30N2O6/c1-21(2,3)29-20(25)22-16-13-28-18-6-5-15(11-17(18)23(4)19(16)24)27-12-14-7-9-26-10-8-14/h5-6,11,14,16H,7-10,12-13H2,1-4H3,(H,22,25)/t16-/m0/s1. The molecule has 1 saturated heterocycles. The first-order valence-corrected chi connectivity index (χ1v) is 9.97. The monoisotopic (exact) mass is 406 g/mol. The number of nitrogens with one attached hydrogen (secondary N) is 1. The van der Waals surface area contributed by atoms with Crippen LogP contribution in [0, 0.1) is 5.92 Å². The summed E-state index contributed by atoms with van der Waals surface area (Å²) in [6, 6.07) is 4.57. The van der Waals surface area contributed by atoms with Gasteiger partial charge in [0, 0.05) is 26.3 Å². The molecule has 160 valence electrons. The molecule has 0 bridgehead atoms. The van der Waals surface area contributed by atoms with E-state index in [9.17, 15) is 9.59 Å². The average Bonchev–Trinajstić information content (AvgIpc) is 2.78. The molecule has 0 aliphatic carbocycles. The molecule has 8 heteroatoms. The van der Waals surface area contributed by atoms with Gasteiger partial charge in [-0.2, -0.15) is 0 Å². The van der Waals surface area contributed by atoms with Crippen LogP contribution in [0.1, 0.15) is 33.6 Å². The minimum atomic E-state index is -0.839. The van der Waals surface area contributed by atoms with Crippen molar-refractivity contribution >= 4 is 17.7 Å². The molecule has 1 N–H and O–H groups in total. The van der Waals surface area contributed by atoms with Crippen molar-refractivity contribution in [2.75, 3.05) is 38.4 Å². The lowest BCUT2D eigenvalue weighted by Gasteiger charge is -2.24. The highest BCUT2D eigenvalue weighted by molar-refractivity contribution is 6.00. The largest absolute Gasteiger partial charge is 0.493 e. The van der Waals surface area contributed by atoms with Gasteiger partial charge in [-0.3, -0.25) is 4.79 Å². The third kappa shape index (κ3) is 5.76. The van der Waals surface area contributed by atoms with E-state index < -0.39 is 17.7 Å². The number of fused-ring (bicyclic) bond motifs is 1. The summed E-state index contributed by atoms with van der Waals surface area (Å²) in [6.45, 7) is 7.48. The molecule has 0 unspecified atom stereocenters. The van der Waals surface area contributed by atoms with Crippen LogP contribution in [0.5, 0.6) is 11.5 Å². The summed E-state index contributed by atoms with van der Waals surface area (Å²) in [7, 11) is 1.65. The summed E-state index contributed by atoms with van der Waals surface area (Å²) in [5.74, 6) is 1.43. The first-order valence-electron chi connectivity index (χ1n) is 9.97. The third-order valence-corrected chi connectivity index (χ3v) is 4.84. The van der Waals surface area contributed by atoms with Crippen LogP contribution in [0.3, 0.4) is 0 Å². The molecule has 29 heavy (non-hydrogen) atoms. The zero-order valence-corrected chi connectivity index (χ0v) is 17.5. The van der Waals surface area contributed by atoms with E-state index in [0.717, 1.165) is 26.1 Å². The molecule has 8 nitrogen and oxygen atoms in total. The molecule has 2 amide bonds. The minimum absolute atomic E-state index is 0.0255. The maximum Gasteiger partial charge on any atom is 0.408 e. The molecule has 1 atom stereocenters. The van der Waals surface area contributed by atoms with E-state index >= 15 is 0 Å². The highest BCUT2D eigenvalue weighted by atomic mass is 16.6. The van der Waals surface area contributed by atoms with Gasteiger partial charge in [0.2, 0.25) is 0 Å². The fourth-order valence-electron chi connectivity index (χ4n) is 3.25. The smallest absolute Gasteiger partial charge is 0.408 e. The van der Waals surface area contributed by atoms with Crippen molar-refractivity contribution in [1.29, 1.82) is 0 Å². The fraction of sp³-hybridized carbons (Fsp3) is 0.619. The van der Waals surface area contributed by atoms with Crippen LogP contribution in [-0.4, -0.2) is 57.1 Å². The molecule has 0 spiro atoms. The Morgan fingerprint density at radius 1 is 1.28 bits per heavy atom. The summed E-state index contributed by atoms with van der Waals surface area (Å²) in [5.41, 5.74) is -0.0439. The van der Waals surface area contributed by atoms with Crippen molar-refractivity contribution < 1.29 is 28.5 Å². The first-order chi connectivity index (χ1) is 13.7. The van der Waals surface area contributed by atoms with Gasteiger partial charge in [0.1, 0.15) is 29.7 Å². The predicted octanol–water partition coefficient (Wildman–Crippen LogP) is 2.74. The summed E-state index contributed by atoms with van der Waals surface area (Å²) in [4.78, 5) is 26.4. The van der Waals surface area contributed by atoms with Crippen molar-refractivity contribution in [1.82, 2.24) is 5.32 Å². The lowest BCUT2D eigenvalue weighted by atomic mass is 10.0. The molecule has 1 aromatic rings. The second kappa shape index (κ2) is 8.90. The number of ether oxygens (including phenoxy) is 4. The van der Waals surface area contributed by atoms with Crippen molar-refractivity contribution in [2.24, 2.45) is 5.92 Å². The molecule has 0 radical (unpaired) electrons. The van der Waals surface area contributed by atoms with Crippen LogP contribution in [0.15, 0.2) is 18.2 Å². The second-order valence-corrected chi connectivity index (χ2v) is 8.40. The van der Waals surface area contributed by atoms with E-state index in [4.69, 9.17) is 18.9 Å². The van der Waals surface area contributed by atoms with Gasteiger partial charge in [0.15, 0.2) is 0 Å². The molecule has 1 aromatic carbocycles. The average molecular weight is 406 g/mol. The fourth-order valence-corrected chi connectivity index (χ4v) is 3.25. The molecule has 2 aliphatic heterocycles. The number of carbonyl (C=O) groups is 2. The summed E-state index contributed by atoms with van der Waals surface area (Å²) in [5, 5.41) is 2.59. The maximum atomic E-state index is 12.8. The number of anilines is 1. The van der Waals surface area contributed by atoms with Crippen molar-refractivity contribution in [3.8, 4) is 11.5 Å². The summed E-state index contributed by atoms with van der Waals surface area (Å²) in [6.07, 6.45) is 1.33. The highest BCUT2D eigenvalue weighted by Gasteiger charge is 2.32. The first kappa shape index (κ1) is 21.2. The van der Waals surface area contributed by atoms with Gasteiger partial charge < -0.3 is 29.2 Å². The third-order valence-electron chi connectivity index (χ3n) is 4.84. The van der Waals surface area contributed by atoms with Gasteiger partial charge >= 0.3 is 6.09 Å². The number of hydrogen-bond acceptors (Lipinski definition) is 6. The number of hydrogen-bond donors (Lipinski definition) is 1. The van der Waals surface area contributed by atoms with Gasteiger partial charge in [0.05, 0.1) is 12.3 Å². The topological polar surface area (TPSA) is 86.3 Å². The Bertz CT molecular complexity index is 739. The lowest BCUT2D eigenvalue weighted by Crippen LogP contribution is -2.50. The Balaban J connectivity index is 1.65. The summed E-state index contributed by atoms with van der Waals surface area (Å²) >= 11 is 0. The maximum absolute atomic E-state index is 12.8. The van der Waals surface area contributed by atoms with Gasteiger partial charge in [-0.1, -0.05) is 0 Å². The van der Waals surface area contributed by atoms with E-state index in [2.05, 4.69) is 5.32 Å². The van der Waals surface area contributed by atoms with Crippen LogP contribution in [-0.2, 0) is 14.3 Å². The Kier molecular flexibility index (Phi) is 6.52. The van der Waals surface area contributed by atoms with Crippen molar-refractivity contribution in [2.45, 2.75) is 45.3 Å². The van der Waals surface area contributed by atoms with E-state index in [1.807, 2.05) is 6.07 Å². The number of benzene rings is 1. The molecule has 2 heterocycles. The van der Waals surface area contributed by atoms with Gasteiger partial charge in [0.25, 0.3) is 5.91 Å². The zero-order valence-electron chi connectivity index (χ0n) is 17.5. The SMILES string of the molecule is CN1C(=O)[C@@H](NC(=O)OC(C)(C)C)COc2ccc(OCC3CCOCC3)cc21. The molecular weight excluding hydrogens is 376 g/mol. The van der Waals surface area contributed by atoms with Crippen LogP contribution in [0.25, 0.3) is 0 Å². The molecule has 0 aromatic heterocycles. The Labute approximate surface area is 171 Å². The lowest BCUT2D eigenvalue weighted by molar-refractivity contribution is -0.120. The molecule has 3 rings (SSSR count). The Morgan fingerprint density at radius 2 is 2.00 bits per heavy atom. The normalized spacial score (nSPS) is 20.3. The van der Waals surface area contributed by atoms with E-state index in [1.165, 1.54) is 4.90 Å². The van der Waals surface area contributed by atoms with E-state index in [0.29, 0.717) is 29.7 Å². The van der Waals surface area contributed by atoms with Crippen LogP contribution >= 0.6 is 0 Å². The number of alkyl carbamates (subject to hydrolysis) is 1. The van der Waals surface area contributed by atoms with E-state index in [1.54, 1.807) is 40.0 Å². The van der Waals surface area contributed by atoms with Gasteiger partial charge in [-0.25, -0.2) is 4.79 Å². The number of rotatable bonds is 4. The predicted molar refractivity (Wildman–Crippen MR) is 108 cm³/mol. The number of carbonyl (C=O) groups excluding carboxylic acids is 2. The van der Waals surface area contributed by atoms with Crippen LogP contribution in [0.2, 0.25) is 0 Å². The van der Waals surface area contributed by atoms with Crippen LogP contribution < -0.4 is 19.7 Å². The number of likely N-dealkylation sites (N-methyl/N-ethyl adjacent to an activating group) is 1. The quantitative estimate of drug-likeness (QED) is 0.828. The molecule has 2 aliphatic rings. The van der Waals surface area contributed by atoms with Gasteiger partial charge in [-0.15, -0.1) is 0 Å². The van der Waals surface area contributed by atoms with E-state index in [-0.39, 0.29) is 12.5 Å². The van der Waals surface area contributed by atoms with Crippen molar-refractivity contribution in [3.05, 3.63) is 18.2 Å². The minimum Gasteiger partial charge on any atom is -0.493 e. The van der Waals surface area contributed by atoms with Gasteiger partial charge in [-0.05, 0) is 51.7 Å². The Hall–Kier alpha value is -2.48. The molecular formula is C21H30N2O6.